The highest BCUT2D eigenvalue weighted by Crippen LogP contribution is 2.30. The zero-order valence-electron chi connectivity index (χ0n) is 14.8. The van der Waals surface area contributed by atoms with Gasteiger partial charge in [-0.2, -0.15) is 0 Å². The lowest BCUT2D eigenvalue weighted by Crippen LogP contribution is -2.37. The predicted octanol–water partition coefficient (Wildman–Crippen LogP) is 2.92. The van der Waals surface area contributed by atoms with Crippen LogP contribution >= 0.6 is 0 Å². The van der Waals surface area contributed by atoms with Crippen LogP contribution in [0.1, 0.15) is 42.1 Å². The lowest BCUT2D eigenvalue weighted by molar-refractivity contribution is 0.465. The van der Waals surface area contributed by atoms with Crippen molar-refractivity contribution in [2.24, 2.45) is 4.99 Å². The van der Waals surface area contributed by atoms with Gasteiger partial charge in [0.25, 0.3) is 0 Å². The molecule has 0 amide bonds. The summed E-state index contributed by atoms with van der Waals surface area (Å²) in [4.78, 5) is 8.99. The van der Waals surface area contributed by atoms with Crippen molar-refractivity contribution in [3.05, 3.63) is 58.9 Å². The van der Waals surface area contributed by atoms with Crippen molar-refractivity contribution in [3.63, 3.8) is 0 Å². The van der Waals surface area contributed by atoms with Crippen molar-refractivity contribution in [2.75, 3.05) is 6.54 Å². The fourth-order valence-electron chi connectivity index (χ4n) is 3.25. The number of hydrogen-bond donors (Lipinski definition) is 3. The average molecular weight is 338 g/mol. The van der Waals surface area contributed by atoms with E-state index in [0.717, 1.165) is 36.6 Å². The molecule has 5 heteroatoms. The molecule has 0 fully saturated rings. The highest BCUT2D eigenvalue weighted by atomic mass is 16.3. The Hall–Kier alpha value is -2.56. The van der Waals surface area contributed by atoms with E-state index in [1.807, 2.05) is 31.2 Å². The van der Waals surface area contributed by atoms with Crippen LogP contribution < -0.4 is 10.6 Å². The van der Waals surface area contributed by atoms with Gasteiger partial charge in [-0.05, 0) is 61.9 Å². The number of aliphatic imine (C=N–C) groups is 1. The van der Waals surface area contributed by atoms with Crippen LogP contribution in [0, 0.1) is 0 Å². The maximum atomic E-state index is 10.3. The number of phenolic OH excluding ortho intramolecular Hbond substituents is 1. The molecular weight excluding hydrogens is 312 g/mol. The molecule has 0 saturated carbocycles. The van der Waals surface area contributed by atoms with Crippen molar-refractivity contribution >= 4 is 5.96 Å². The van der Waals surface area contributed by atoms with Gasteiger partial charge in [0.15, 0.2) is 5.96 Å². The highest BCUT2D eigenvalue weighted by Gasteiger charge is 2.16. The first kappa shape index (κ1) is 17.3. The summed E-state index contributed by atoms with van der Waals surface area (Å²) in [5.41, 5.74) is 4.58. The highest BCUT2D eigenvalue weighted by molar-refractivity contribution is 5.79. The summed E-state index contributed by atoms with van der Waals surface area (Å²) in [5, 5.41) is 16.9. The average Bonchev–Trinajstić information content (AvgIpc) is 2.66. The van der Waals surface area contributed by atoms with E-state index in [0.29, 0.717) is 18.8 Å². The van der Waals surface area contributed by atoms with Crippen LogP contribution in [-0.4, -0.2) is 22.6 Å². The summed E-state index contributed by atoms with van der Waals surface area (Å²) in [6.45, 7) is 3.92. The summed E-state index contributed by atoms with van der Waals surface area (Å²) >= 11 is 0. The topological polar surface area (TPSA) is 69.5 Å². The number of rotatable bonds is 5. The Balaban J connectivity index is 1.73. The molecule has 1 aromatic heterocycles. The number of aromatic nitrogens is 1. The summed E-state index contributed by atoms with van der Waals surface area (Å²) in [7, 11) is 0. The fraction of sp³-hybridized carbons (Fsp3) is 0.400. The van der Waals surface area contributed by atoms with E-state index in [1.165, 1.54) is 24.0 Å². The summed E-state index contributed by atoms with van der Waals surface area (Å²) in [6.07, 6.45) is 6.34. The van der Waals surface area contributed by atoms with E-state index in [9.17, 15) is 5.11 Å². The number of aromatic hydroxyl groups is 1. The fourth-order valence-corrected chi connectivity index (χ4v) is 3.25. The van der Waals surface area contributed by atoms with Gasteiger partial charge in [-0.25, -0.2) is 4.99 Å². The van der Waals surface area contributed by atoms with Gasteiger partial charge in [-0.15, -0.1) is 0 Å². The lowest BCUT2D eigenvalue weighted by atomic mass is 9.88. The number of nitrogens with zero attached hydrogens (tertiary/aromatic N) is 2. The Morgan fingerprint density at radius 1 is 1.16 bits per heavy atom. The molecule has 0 aliphatic heterocycles. The van der Waals surface area contributed by atoms with Crippen LogP contribution in [0.15, 0.2) is 41.5 Å². The number of guanidine groups is 1. The maximum absolute atomic E-state index is 10.3. The minimum Gasteiger partial charge on any atom is -0.508 e. The number of fused-ring (bicyclic) bond motifs is 1. The van der Waals surface area contributed by atoms with Crippen LogP contribution in [0.3, 0.4) is 0 Å². The van der Waals surface area contributed by atoms with Crippen LogP contribution in [0.2, 0.25) is 0 Å². The van der Waals surface area contributed by atoms with Crippen LogP contribution in [-0.2, 0) is 25.9 Å². The van der Waals surface area contributed by atoms with E-state index in [-0.39, 0.29) is 0 Å². The summed E-state index contributed by atoms with van der Waals surface area (Å²) < 4.78 is 0. The van der Waals surface area contributed by atoms with Gasteiger partial charge >= 0.3 is 0 Å². The Morgan fingerprint density at radius 3 is 2.84 bits per heavy atom. The molecule has 2 aromatic rings. The molecule has 132 valence electrons. The molecule has 1 aliphatic rings. The Kier molecular flexibility index (Phi) is 5.88. The summed E-state index contributed by atoms with van der Waals surface area (Å²) in [5.74, 6) is 1.09. The molecule has 25 heavy (non-hydrogen) atoms. The Labute approximate surface area is 149 Å². The molecule has 0 atom stereocenters. The number of phenols is 1. The Bertz CT molecular complexity index is 728. The van der Waals surface area contributed by atoms with Crippen LogP contribution in [0.4, 0.5) is 0 Å². The smallest absolute Gasteiger partial charge is 0.191 e. The van der Waals surface area contributed by atoms with E-state index >= 15 is 0 Å². The van der Waals surface area contributed by atoms with Crippen LogP contribution in [0.5, 0.6) is 5.75 Å². The minimum absolute atomic E-state index is 0.352. The second-order valence-corrected chi connectivity index (χ2v) is 6.28. The number of pyridine rings is 1. The van der Waals surface area contributed by atoms with Gasteiger partial charge in [0.05, 0.1) is 18.8 Å². The number of aryl methyl sites for hydroxylation is 1. The van der Waals surface area contributed by atoms with E-state index in [2.05, 4.69) is 26.7 Å². The first-order valence-electron chi connectivity index (χ1n) is 9.02. The molecular formula is C20H26N4O. The predicted molar refractivity (Wildman–Crippen MR) is 101 cm³/mol. The first-order valence-corrected chi connectivity index (χ1v) is 9.02. The zero-order valence-corrected chi connectivity index (χ0v) is 14.8. The van der Waals surface area contributed by atoms with E-state index < -0.39 is 0 Å². The number of nitrogens with one attached hydrogen (secondary N) is 2. The van der Waals surface area contributed by atoms with Gasteiger partial charge in [-0.1, -0.05) is 12.1 Å². The van der Waals surface area contributed by atoms with E-state index in [1.54, 1.807) is 6.20 Å². The molecule has 5 nitrogen and oxygen atoms in total. The largest absolute Gasteiger partial charge is 0.508 e. The molecule has 0 bridgehead atoms. The molecule has 0 unspecified atom stereocenters. The SMILES string of the molecule is CCNC(=NCc1c(O)ccc2c1CCCC2)NCc1ccccn1. The van der Waals surface area contributed by atoms with Crippen molar-refractivity contribution in [1.82, 2.24) is 15.6 Å². The van der Waals surface area contributed by atoms with Gasteiger partial charge in [0, 0.05) is 18.3 Å². The maximum Gasteiger partial charge on any atom is 0.191 e. The Morgan fingerprint density at radius 2 is 2.04 bits per heavy atom. The molecule has 3 rings (SSSR count). The van der Waals surface area contributed by atoms with Gasteiger partial charge in [0.1, 0.15) is 5.75 Å². The zero-order chi connectivity index (χ0) is 17.5. The molecule has 1 aromatic carbocycles. The third-order valence-corrected chi connectivity index (χ3v) is 4.53. The van der Waals surface area contributed by atoms with Gasteiger partial charge < -0.3 is 15.7 Å². The minimum atomic E-state index is 0.352. The quantitative estimate of drug-likeness (QED) is 0.579. The number of benzene rings is 1. The monoisotopic (exact) mass is 338 g/mol. The molecule has 0 saturated heterocycles. The molecule has 1 heterocycles. The molecule has 1 aliphatic carbocycles. The molecule has 0 spiro atoms. The lowest BCUT2D eigenvalue weighted by Gasteiger charge is -2.20. The van der Waals surface area contributed by atoms with Gasteiger partial charge in [0.2, 0.25) is 0 Å². The van der Waals surface area contributed by atoms with Crippen molar-refractivity contribution in [3.8, 4) is 5.75 Å². The van der Waals surface area contributed by atoms with Crippen LogP contribution in [0.25, 0.3) is 0 Å². The first-order chi connectivity index (χ1) is 12.3. The standard InChI is InChI=1S/C20H26N4O/c1-2-21-20(23-13-16-8-5-6-12-22-16)24-14-18-17-9-4-3-7-15(17)10-11-19(18)25/h5-6,8,10-12,25H,2-4,7,9,13-14H2,1H3,(H2,21,23,24). The second kappa shape index (κ2) is 8.51. The summed E-state index contributed by atoms with van der Waals surface area (Å²) in [6, 6.07) is 9.73. The van der Waals surface area contributed by atoms with E-state index in [4.69, 9.17) is 0 Å². The van der Waals surface area contributed by atoms with Crippen molar-refractivity contribution < 1.29 is 5.11 Å². The van der Waals surface area contributed by atoms with Crippen molar-refractivity contribution in [1.29, 1.82) is 0 Å². The molecule has 0 radical (unpaired) electrons. The third kappa shape index (κ3) is 4.50. The third-order valence-electron chi connectivity index (χ3n) is 4.53. The number of hydrogen-bond acceptors (Lipinski definition) is 3. The van der Waals surface area contributed by atoms with Gasteiger partial charge in [-0.3, -0.25) is 4.98 Å². The second-order valence-electron chi connectivity index (χ2n) is 6.28. The van der Waals surface area contributed by atoms with Crippen molar-refractivity contribution in [2.45, 2.75) is 45.7 Å². The molecule has 3 N–H and O–H groups in total. The normalized spacial score (nSPS) is 14.0.